The average Bonchev–Trinajstić information content (AvgIpc) is 3.27. The lowest BCUT2D eigenvalue weighted by Crippen LogP contribution is -2.30. The van der Waals surface area contributed by atoms with Crippen LogP contribution in [-0.4, -0.2) is 37.2 Å². The second-order valence-corrected chi connectivity index (χ2v) is 17.4. The molecule has 0 saturated heterocycles. The lowest BCUT2D eigenvalue weighted by molar-refractivity contribution is -0.166. The Hall–Kier alpha value is -2.89. The molecule has 1 unspecified atom stereocenters. The second-order valence-electron chi connectivity index (χ2n) is 17.4. The van der Waals surface area contributed by atoms with E-state index in [2.05, 4.69) is 69.4 Å². The third kappa shape index (κ3) is 48.1. The van der Waals surface area contributed by atoms with Crippen molar-refractivity contribution < 1.29 is 28.6 Å². The van der Waals surface area contributed by atoms with Crippen molar-refractivity contribution in [3.05, 3.63) is 60.8 Å². The highest BCUT2D eigenvalue weighted by Crippen LogP contribution is 2.16. The maximum Gasteiger partial charge on any atom is 0.310 e. The summed E-state index contributed by atoms with van der Waals surface area (Å²) in [6.07, 6.45) is 62.3. The largest absolute Gasteiger partial charge is 0.462 e. The lowest BCUT2D eigenvalue weighted by atomic mass is 10.0. The van der Waals surface area contributed by atoms with E-state index in [1.165, 1.54) is 148 Å². The third-order valence-electron chi connectivity index (χ3n) is 11.3. The normalized spacial score (nSPS) is 12.5. The summed E-state index contributed by atoms with van der Waals surface area (Å²) in [6.45, 7) is 6.46. The molecule has 0 aliphatic heterocycles. The van der Waals surface area contributed by atoms with Gasteiger partial charge in [-0.25, -0.2) is 0 Å². The minimum atomic E-state index is -0.824. The minimum Gasteiger partial charge on any atom is -0.462 e. The molecule has 0 spiro atoms. The Morgan fingerprint density at radius 3 is 0.919 bits per heavy atom. The Morgan fingerprint density at radius 1 is 0.339 bits per heavy atom. The zero-order valence-corrected chi connectivity index (χ0v) is 40.9. The summed E-state index contributed by atoms with van der Waals surface area (Å²) in [5.41, 5.74) is 0. The van der Waals surface area contributed by atoms with Gasteiger partial charge in [0.25, 0.3) is 0 Å². The number of hydrogen-bond donors (Lipinski definition) is 0. The molecule has 0 aliphatic carbocycles. The van der Waals surface area contributed by atoms with Gasteiger partial charge in [0.2, 0.25) is 0 Å². The van der Waals surface area contributed by atoms with Crippen LogP contribution in [0.2, 0.25) is 0 Å². The zero-order chi connectivity index (χ0) is 45.1. The predicted molar refractivity (Wildman–Crippen MR) is 265 cm³/mol. The van der Waals surface area contributed by atoms with Crippen LogP contribution in [0.1, 0.15) is 258 Å². The molecule has 358 valence electrons. The number of allylic oxidation sites excluding steroid dienone is 9. The molecule has 0 rings (SSSR count). The van der Waals surface area contributed by atoms with Gasteiger partial charge in [0.05, 0.1) is 6.42 Å². The van der Waals surface area contributed by atoms with Gasteiger partial charge in [0, 0.05) is 12.8 Å². The van der Waals surface area contributed by atoms with Gasteiger partial charge in [-0.05, 0) is 44.9 Å². The molecule has 0 radical (unpaired) electrons. The quantitative estimate of drug-likeness (QED) is 0.0262. The summed E-state index contributed by atoms with van der Waals surface area (Å²) in [6, 6.07) is 0. The van der Waals surface area contributed by atoms with Crippen molar-refractivity contribution in [2.75, 3.05) is 13.2 Å². The molecule has 6 heteroatoms. The first-order valence-corrected chi connectivity index (χ1v) is 26.3. The van der Waals surface area contributed by atoms with Gasteiger partial charge >= 0.3 is 17.9 Å². The van der Waals surface area contributed by atoms with Crippen LogP contribution < -0.4 is 0 Å². The fraction of sp³-hybridized carbons (Fsp3) is 0.768. The molecule has 0 fully saturated rings. The van der Waals surface area contributed by atoms with Gasteiger partial charge in [-0.2, -0.15) is 0 Å². The van der Waals surface area contributed by atoms with Crippen LogP contribution in [0.15, 0.2) is 60.8 Å². The highest BCUT2D eigenvalue weighted by molar-refractivity contribution is 5.72. The van der Waals surface area contributed by atoms with Crippen LogP contribution in [0, 0.1) is 0 Å². The maximum absolute atomic E-state index is 12.7. The van der Waals surface area contributed by atoms with Crippen LogP contribution in [0.3, 0.4) is 0 Å². The Kier molecular flexibility index (Phi) is 48.4. The van der Waals surface area contributed by atoms with E-state index >= 15 is 0 Å². The summed E-state index contributed by atoms with van der Waals surface area (Å²) in [5.74, 6) is -1.03. The predicted octanol–water partition coefficient (Wildman–Crippen LogP) is 17.3. The molecular weight excluding hydrogens is 769 g/mol. The van der Waals surface area contributed by atoms with Crippen molar-refractivity contribution in [1.82, 2.24) is 0 Å². The summed E-state index contributed by atoms with van der Waals surface area (Å²) >= 11 is 0. The number of hydrogen-bond acceptors (Lipinski definition) is 6. The highest BCUT2D eigenvalue weighted by atomic mass is 16.6. The molecule has 62 heavy (non-hydrogen) atoms. The van der Waals surface area contributed by atoms with Crippen LogP contribution in [0.5, 0.6) is 0 Å². The van der Waals surface area contributed by atoms with E-state index in [1.54, 1.807) is 6.08 Å². The zero-order valence-electron chi connectivity index (χ0n) is 40.9. The van der Waals surface area contributed by atoms with E-state index in [0.717, 1.165) is 70.6 Å². The van der Waals surface area contributed by atoms with Crippen molar-refractivity contribution in [1.29, 1.82) is 0 Å². The standard InChI is InChI=1S/C56H98O6/c1-4-7-10-13-16-19-22-25-27-29-31-34-37-40-43-46-49-55(58)61-52-53(51-60-54(57)48-45-42-39-36-33-30-24-21-18-15-12-9-6-3)62-56(59)50-47-44-41-38-35-32-28-26-23-20-17-14-11-8-5-2/h8,11,17,20,26,28,35,38,44,47,53H,4-7,9-10,12-16,18-19,21-25,27,29-34,36-37,39-43,45-46,48-52H2,1-3H3/b11-8-,20-17-,28-26-,38-35-,47-44-. The number of rotatable bonds is 47. The number of carbonyl (C=O) groups is 3. The van der Waals surface area contributed by atoms with Crippen LogP contribution >= 0.6 is 0 Å². The SMILES string of the molecule is CC/C=C\C/C=C\C/C=C\C/C=C\C/C=C\CC(=O)OC(COC(=O)CCCCCCCCCCCCCCC)COC(=O)CCCCCCCCCCCCCCCCCC. The van der Waals surface area contributed by atoms with Crippen LogP contribution in [0.25, 0.3) is 0 Å². The van der Waals surface area contributed by atoms with E-state index in [-0.39, 0.29) is 31.6 Å². The molecule has 0 aromatic carbocycles. The Bertz CT molecular complexity index is 1130. The molecule has 0 bridgehead atoms. The maximum atomic E-state index is 12.7. The first-order chi connectivity index (χ1) is 30.5. The fourth-order valence-electron chi connectivity index (χ4n) is 7.40. The molecule has 0 heterocycles. The summed E-state index contributed by atoms with van der Waals surface area (Å²) in [5, 5.41) is 0. The van der Waals surface area contributed by atoms with Crippen LogP contribution in [-0.2, 0) is 28.6 Å². The Labute approximate surface area is 383 Å². The number of esters is 3. The van der Waals surface area contributed by atoms with E-state index in [4.69, 9.17) is 14.2 Å². The van der Waals surface area contributed by atoms with Crippen molar-refractivity contribution >= 4 is 17.9 Å². The molecule has 0 aliphatic rings. The monoisotopic (exact) mass is 867 g/mol. The van der Waals surface area contributed by atoms with Gasteiger partial charge in [0.15, 0.2) is 6.10 Å². The molecule has 0 amide bonds. The molecule has 0 saturated carbocycles. The summed E-state index contributed by atoms with van der Waals surface area (Å²) < 4.78 is 16.7. The smallest absolute Gasteiger partial charge is 0.310 e. The van der Waals surface area contributed by atoms with Gasteiger partial charge in [0.1, 0.15) is 13.2 Å². The highest BCUT2D eigenvalue weighted by Gasteiger charge is 2.19. The fourth-order valence-corrected chi connectivity index (χ4v) is 7.40. The molecule has 6 nitrogen and oxygen atoms in total. The van der Waals surface area contributed by atoms with Crippen LogP contribution in [0.4, 0.5) is 0 Å². The molecule has 0 N–H and O–H groups in total. The summed E-state index contributed by atoms with van der Waals surface area (Å²) in [4.78, 5) is 37.9. The van der Waals surface area contributed by atoms with E-state index in [0.29, 0.717) is 12.8 Å². The third-order valence-corrected chi connectivity index (χ3v) is 11.3. The van der Waals surface area contributed by atoms with Gasteiger partial charge in [-0.3, -0.25) is 14.4 Å². The van der Waals surface area contributed by atoms with Crippen molar-refractivity contribution in [2.45, 2.75) is 264 Å². The minimum absolute atomic E-state index is 0.101. The Balaban J connectivity index is 4.46. The molecule has 0 aromatic rings. The van der Waals surface area contributed by atoms with Gasteiger partial charge < -0.3 is 14.2 Å². The molecular formula is C56H98O6. The van der Waals surface area contributed by atoms with E-state index in [1.807, 2.05) is 6.08 Å². The summed E-state index contributed by atoms with van der Waals surface area (Å²) in [7, 11) is 0. The molecule has 0 aromatic heterocycles. The first kappa shape index (κ1) is 59.1. The number of carbonyl (C=O) groups excluding carboxylic acids is 3. The first-order valence-electron chi connectivity index (χ1n) is 26.3. The number of unbranched alkanes of at least 4 members (excludes halogenated alkanes) is 27. The Morgan fingerprint density at radius 2 is 0.613 bits per heavy atom. The molecule has 1 atom stereocenters. The van der Waals surface area contributed by atoms with Crippen molar-refractivity contribution in [3.63, 3.8) is 0 Å². The van der Waals surface area contributed by atoms with E-state index in [9.17, 15) is 14.4 Å². The van der Waals surface area contributed by atoms with Gasteiger partial charge in [-0.1, -0.05) is 255 Å². The second kappa shape index (κ2) is 50.8. The van der Waals surface area contributed by atoms with Crippen molar-refractivity contribution in [3.8, 4) is 0 Å². The topological polar surface area (TPSA) is 78.9 Å². The lowest BCUT2D eigenvalue weighted by Gasteiger charge is -2.18. The van der Waals surface area contributed by atoms with Gasteiger partial charge in [-0.15, -0.1) is 0 Å². The number of ether oxygens (including phenoxy) is 3. The van der Waals surface area contributed by atoms with Crippen molar-refractivity contribution in [2.24, 2.45) is 0 Å². The average molecular weight is 867 g/mol. The van der Waals surface area contributed by atoms with E-state index < -0.39 is 12.1 Å².